The zero-order valence-corrected chi connectivity index (χ0v) is 9.62. The Kier molecular flexibility index (Phi) is 4.76. The van der Waals surface area contributed by atoms with Crippen molar-refractivity contribution in [3.05, 3.63) is 23.2 Å². The summed E-state index contributed by atoms with van der Waals surface area (Å²) in [6.45, 7) is -0.417. The Hall–Kier alpha value is -0.590. The van der Waals surface area contributed by atoms with E-state index in [1.807, 2.05) is 0 Å². The first-order valence-corrected chi connectivity index (χ1v) is 5.63. The highest BCUT2D eigenvalue weighted by molar-refractivity contribution is 7.99. The van der Waals surface area contributed by atoms with E-state index in [1.165, 1.54) is 0 Å². The second kappa shape index (κ2) is 5.65. The van der Waals surface area contributed by atoms with Crippen LogP contribution in [0.3, 0.4) is 0 Å². The largest absolute Gasteiger partial charge is 0.522 e. The van der Waals surface area contributed by atoms with Crippen LogP contribution in [0.4, 0.5) is 18.9 Å². The summed E-state index contributed by atoms with van der Waals surface area (Å²) in [5.41, 5.74) is 6.04. The molecule has 16 heavy (non-hydrogen) atoms. The average Bonchev–Trinajstić information content (AvgIpc) is 2.16. The van der Waals surface area contributed by atoms with Crippen LogP contribution in [-0.4, -0.2) is 18.7 Å². The number of rotatable bonds is 4. The summed E-state index contributed by atoms with van der Waals surface area (Å²) in [5.74, 6) is 0.155. The normalized spacial score (nSPS) is 11.8. The summed E-state index contributed by atoms with van der Waals surface area (Å²) in [7, 11) is 0. The minimum atomic E-state index is -4.58. The number of anilines is 1. The molecule has 0 saturated carbocycles. The van der Waals surface area contributed by atoms with Crippen LogP contribution in [0.25, 0.3) is 0 Å². The fraction of sp³-hybridized carbons (Fsp3) is 0.333. The summed E-state index contributed by atoms with van der Waals surface area (Å²) in [6, 6.07) is 4.84. The van der Waals surface area contributed by atoms with Crippen molar-refractivity contribution in [3.8, 4) is 0 Å². The van der Waals surface area contributed by atoms with E-state index in [4.69, 9.17) is 17.3 Å². The fourth-order valence-electron chi connectivity index (χ4n) is 0.940. The summed E-state index contributed by atoms with van der Waals surface area (Å²) < 4.78 is 38.6. The van der Waals surface area contributed by atoms with Crippen molar-refractivity contribution in [3.63, 3.8) is 0 Å². The second-order valence-corrected chi connectivity index (χ2v) is 4.38. The van der Waals surface area contributed by atoms with Crippen molar-refractivity contribution in [1.82, 2.24) is 0 Å². The molecule has 0 aliphatic carbocycles. The van der Waals surface area contributed by atoms with Gasteiger partial charge in [-0.25, -0.2) is 0 Å². The minimum Gasteiger partial charge on any atom is -0.399 e. The monoisotopic (exact) mass is 271 g/mol. The number of halogens is 4. The molecular formula is C9H9ClF3NOS. The van der Waals surface area contributed by atoms with Gasteiger partial charge in [0.15, 0.2) is 0 Å². The van der Waals surface area contributed by atoms with Gasteiger partial charge in [-0.05, 0) is 18.2 Å². The van der Waals surface area contributed by atoms with E-state index in [-0.39, 0.29) is 5.75 Å². The highest BCUT2D eigenvalue weighted by Gasteiger charge is 2.28. The number of benzene rings is 1. The maximum Gasteiger partial charge on any atom is 0.522 e. The van der Waals surface area contributed by atoms with Crippen LogP contribution in [0.15, 0.2) is 23.1 Å². The Bertz CT molecular complexity index is 359. The zero-order valence-electron chi connectivity index (χ0n) is 8.05. The van der Waals surface area contributed by atoms with Crippen molar-refractivity contribution in [2.75, 3.05) is 18.1 Å². The van der Waals surface area contributed by atoms with E-state index in [0.717, 1.165) is 11.8 Å². The van der Waals surface area contributed by atoms with Gasteiger partial charge in [0.05, 0.1) is 11.6 Å². The number of hydrogen-bond donors (Lipinski definition) is 1. The molecule has 2 nitrogen and oxygen atoms in total. The molecule has 0 aliphatic rings. The SMILES string of the molecule is Nc1ccc(Cl)c(SCCOC(F)(F)F)c1. The molecule has 90 valence electrons. The van der Waals surface area contributed by atoms with Crippen LogP contribution >= 0.6 is 23.4 Å². The lowest BCUT2D eigenvalue weighted by molar-refractivity contribution is -0.322. The number of thioether (sulfide) groups is 1. The molecule has 1 rings (SSSR count). The Morgan fingerprint density at radius 2 is 2.06 bits per heavy atom. The number of hydrogen-bond acceptors (Lipinski definition) is 3. The average molecular weight is 272 g/mol. The van der Waals surface area contributed by atoms with Gasteiger partial charge in [-0.3, -0.25) is 4.74 Å². The molecule has 0 atom stereocenters. The molecule has 2 N–H and O–H groups in total. The van der Waals surface area contributed by atoms with Crippen molar-refractivity contribution < 1.29 is 17.9 Å². The van der Waals surface area contributed by atoms with Crippen LogP contribution in [-0.2, 0) is 4.74 Å². The number of nitrogen functional groups attached to an aromatic ring is 1. The standard InChI is InChI=1S/C9H9ClF3NOS/c10-7-2-1-6(14)5-8(7)16-4-3-15-9(11,12)13/h1-2,5H,3-4,14H2. The van der Waals surface area contributed by atoms with Crippen molar-refractivity contribution in [1.29, 1.82) is 0 Å². The zero-order chi connectivity index (χ0) is 12.2. The van der Waals surface area contributed by atoms with Crippen LogP contribution in [0, 0.1) is 0 Å². The molecule has 0 radical (unpaired) electrons. The molecule has 1 aromatic carbocycles. The molecule has 0 aromatic heterocycles. The highest BCUT2D eigenvalue weighted by atomic mass is 35.5. The lowest BCUT2D eigenvalue weighted by atomic mass is 10.3. The van der Waals surface area contributed by atoms with Gasteiger partial charge in [0, 0.05) is 16.3 Å². The highest BCUT2D eigenvalue weighted by Crippen LogP contribution is 2.29. The van der Waals surface area contributed by atoms with Gasteiger partial charge in [-0.15, -0.1) is 24.9 Å². The molecule has 0 amide bonds. The second-order valence-electron chi connectivity index (χ2n) is 2.83. The number of ether oxygens (including phenoxy) is 1. The third-order valence-corrected chi connectivity index (χ3v) is 3.02. The summed E-state index contributed by atoms with van der Waals surface area (Å²) >= 11 is 6.99. The van der Waals surface area contributed by atoms with Gasteiger partial charge < -0.3 is 5.73 Å². The Morgan fingerprint density at radius 1 is 1.38 bits per heavy atom. The first-order valence-electron chi connectivity index (χ1n) is 4.27. The first kappa shape index (κ1) is 13.5. The Balaban J connectivity index is 2.40. The van der Waals surface area contributed by atoms with Gasteiger partial charge >= 0.3 is 6.36 Å². The smallest absolute Gasteiger partial charge is 0.399 e. The first-order chi connectivity index (χ1) is 7.38. The van der Waals surface area contributed by atoms with Gasteiger partial charge in [-0.2, -0.15) is 0 Å². The third-order valence-electron chi connectivity index (χ3n) is 1.56. The van der Waals surface area contributed by atoms with Crippen molar-refractivity contribution in [2.45, 2.75) is 11.3 Å². The van der Waals surface area contributed by atoms with Crippen LogP contribution in [0.2, 0.25) is 5.02 Å². The Morgan fingerprint density at radius 3 is 2.69 bits per heavy atom. The third kappa shape index (κ3) is 4.96. The van der Waals surface area contributed by atoms with E-state index in [0.29, 0.717) is 15.6 Å². The maximum atomic E-state index is 11.6. The fourth-order valence-corrected chi connectivity index (χ4v) is 2.03. The van der Waals surface area contributed by atoms with Crippen molar-refractivity contribution >= 4 is 29.1 Å². The van der Waals surface area contributed by atoms with Crippen LogP contribution in [0.1, 0.15) is 0 Å². The summed E-state index contributed by atoms with van der Waals surface area (Å²) in [4.78, 5) is 0.646. The van der Waals surface area contributed by atoms with E-state index in [1.54, 1.807) is 18.2 Å². The summed E-state index contributed by atoms with van der Waals surface area (Å²) in [6.07, 6.45) is -4.58. The van der Waals surface area contributed by atoms with Gasteiger partial charge in [0.25, 0.3) is 0 Å². The minimum absolute atomic E-state index is 0.155. The van der Waals surface area contributed by atoms with Gasteiger partial charge in [-0.1, -0.05) is 11.6 Å². The molecule has 0 unspecified atom stereocenters. The molecule has 7 heteroatoms. The van der Waals surface area contributed by atoms with E-state index in [9.17, 15) is 13.2 Å². The van der Waals surface area contributed by atoms with E-state index >= 15 is 0 Å². The van der Waals surface area contributed by atoms with Crippen molar-refractivity contribution in [2.24, 2.45) is 0 Å². The molecule has 0 fully saturated rings. The lowest BCUT2D eigenvalue weighted by Crippen LogP contribution is -2.15. The molecule has 0 aliphatic heterocycles. The quantitative estimate of drug-likeness (QED) is 0.517. The number of nitrogens with two attached hydrogens (primary N) is 1. The lowest BCUT2D eigenvalue weighted by Gasteiger charge is -2.08. The summed E-state index contributed by atoms with van der Waals surface area (Å²) in [5, 5.41) is 0.464. The Labute approximate surface area is 99.9 Å². The van der Waals surface area contributed by atoms with Crippen LogP contribution in [0.5, 0.6) is 0 Å². The molecule has 0 bridgehead atoms. The molecule has 0 saturated heterocycles. The van der Waals surface area contributed by atoms with E-state index in [2.05, 4.69) is 4.74 Å². The molecule has 1 aromatic rings. The van der Waals surface area contributed by atoms with Gasteiger partial charge in [0.1, 0.15) is 0 Å². The predicted octanol–water partition coefficient (Wildman–Crippen LogP) is 3.55. The molecular weight excluding hydrogens is 263 g/mol. The number of alkyl halides is 3. The van der Waals surface area contributed by atoms with Gasteiger partial charge in [0.2, 0.25) is 0 Å². The predicted molar refractivity (Wildman–Crippen MR) is 58.6 cm³/mol. The topological polar surface area (TPSA) is 35.2 Å². The maximum absolute atomic E-state index is 11.6. The molecule has 0 heterocycles. The van der Waals surface area contributed by atoms with Crippen LogP contribution < -0.4 is 5.73 Å². The van der Waals surface area contributed by atoms with E-state index < -0.39 is 13.0 Å². The molecule has 0 spiro atoms.